The number of aromatic nitrogens is 2. The molecule has 0 spiro atoms. The lowest BCUT2D eigenvalue weighted by atomic mass is 9.72. The van der Waals surface area contributed by atoms with Crippen molar-refractivity contribution in [2.24, 2.45) is 5.73 Å². The number of halogens is 1. The molecule has 3 heterocycles. The number of primary amides is 1. The molecule has 2 fully saturated rings. The number of carbonyl (C=O) groups excluding carboxylic acids is 2. The molecule has 0 aliphatic carbocycles. The number of rotatable bonds is 4. The molecule has 8 heteroatoms. The minimum absolute atomic E-state index is 0.0282. The number of hydrogen-bond acceptors (Lipinski definition) is 5. The van der Waals surface area contributed by atoms with Crippen molar-refractivity contribution in [1.29, 1.82) is 0 Å². The summed E-state index contributed by atoms with van der Waals surface area (Å²) >= 11 is 6.09. The number of carbonyl (C=O) groups is 2. The van der Waals surface area contributed by atoms with E-state index < -0.39 is 11.3 Å². The van der Waals surface area contributed by atoms with Gasteiger partial charge in [0.25, 0.3) is 5.91 Å². The van der Waals surface area contributed by atoms with Gasteiger partial charge in [-0.25, -0.2) is 9.97 Å². The van der Waals surface area contributed by atoms with Gasteiger partial charge in [-0.05, 0) is 50.3 Å². The first-order valence-corrected chi connectivity index (χ1v) is 11.0. The average Bonchev–Trinajstić information content (AvgIpc) is 2.79. The van der Waals surface area contributed by atoms with Crippen molar-refractivity contribution in [2.75, 3.05) is 26.3 Å². The molecule has 2 amide bonds. The molecule has 0 saturated carbocycles. The van der Waals surface area contributed by atoms with Crippen LogP contribution in [-0.2, 0) is 14.9 Å². The van der Waals surface area contributed by atoms with Gasteiger partial charge in [-0.15, -0.1) is 0 Å². The molecule has 2 aliphatic heterocycles. The van der Waals surface area contributed by atoms with Crippen molar-refractivity contribution in [1.82, 2.24) is 14.9 Å². The highest BCUT2D eigenvalue weighted by Crippen LogP contribution is 2.39. The zero-order valence-corrected chi connectivity index (χ0v) is 18.4. The SMILES string of the molecule is Cc1nc(C2CCCN(C(=O)C3(c4ccc(Cl)cc4)CCOCC3)C2)ncc1C(N)=O. The van der Waals surface area contributed by atoms with Gasteiger partial charge in [0, 0.05) is 43.4 Å². The van der Waals surface area contributed by atoms with Crippen LogP contribution in [-0.4, -0.2) is 53.0 Å². The number of amides is 2. The van der Waals surface area contributed by atoms with E-state index in [0.29, 0.717) is 61.2 Å². The lowest BCUT2D eigenvalue weighted by Gasteiger charge is -2.42. The van der Waals surface area contributed by atoms with Crippen LogP contribution in [0, 0.1) is 6.92 Å². The number of ether oxygens (including phenoxy) is 1. The summed E-state index contributed by atoms with van der Waals surface area (Å²) in [6.45, 7) is 4.15. The summed E-state index contributed by atoms with van der Waals surface area (Å²) in [6, 6.07) is 7.61. The van der Waals surface area contributed by atoms with Gasteiger partial charge in [-0.3, -0.25) is 9.59 Å². The second kappa shape index (κ2) is 8.93. The van der Waals surface area contributed by atoms with Crippen LogP contribution in [0.15, 0.2) is 30.5 Å². The zero-order chi connectivity index (χ0) is 22.0. The molecule has 164 valence electrons. The Hall–Kier alpha value is -2.51. The average molecular weight is 443 g/mol. The summed E-state index contributed by atoms with van der Waals surface area (Å²) < 4.78 is 5.59. The van der Waals surface area contributed by atoms with Gasteiger partial charge in [0.15, 0.2) is 0 Å². The Labute approximate surface area is 186 Å². The smallest absolute Gasteiger partial charge is 0.252 e. The topological polar surface area (TPSA) is 98.4 Å². The van der Waals surface area contributed by atoms with E-state index in [-0.39, 0.29) is 11.8 Å². The Bertz CT molecular complexity index is 973. The third-order valence-corrected chi connectivity index (χ3v) is 6.74. The summed E-state index contributed by atoms with van der Waals surface area (Å²) in [4.78, 5) is 36.2. The monoisotopic (exact) mass is 442 g/mol. The first-order chi connectivity index (χ1) is 14.9. The van der Waals surface area contributed by atoms with Crippen molar-refractivity contribution >= 4 is 23.4 Å². The maximum Gasteiger partial charge on any atom is 0.252 e. The van der Waals surface area contributed by atoms with Crippen molar-refractivity contribution < 1.29 is 14.3 Å². The van der Waals surface area contributed by atoms with E-state index in [4.69, 9.17) is 22.1 Å². The number of piperidine rings is 1. The minimum Gasteiger partial charge on any atom is -0.381 e. The molecule has 1 unspecified atom stereocenters. The molecule has 31 heavy (non-hydrogen) atoms. The number of nitrogens with zero attached hydrogens (tertiary/aromatic N) is 3. The van der Waals surface area contributed by atoms with E-state index in [9.17, 15) is 9.59 Å². The predicted molar refractivity (Wildman–Crippen MR) is 117 cm³/mol. The number of benzene rings is 1. The fourth-order valence-corrected chi connectivity index (χ4v) is 4.84. The molecule has 0 radical (unpaired) electrons. The van der Waals surface area contributed by atoms with Gasteiger partial charge >= 0.3 is 0 Å². The van der Waals surface area contributed by atoms with Gasteiger partial charge in [0.05, 0.1) is 16.7 Å². The highest BCUT2D eigenvalue weighted by atomic mass is 35.5. The molecule has 1 atom stereocenters. The van der Waals surface area contributed by atoms with Crippen LogP contribution < -0.4 is 5.73 Å². The van der Waals surface area contributed by atoms with Crippen molar-refractivity contribution in [3.8, 4) is 0 Å². The standard InChI is InChI=1S/C23H27ClN4O3/c1-15-19(20(25)29)13-26-21(27-15)16-3-2-10-28(14-16)22(30)23(8-11-31-12-9-23)17-4-6-18(24)7-5-17/h4-7,13,16H,2-3,8-12,14H2,1H3,(H2,25,29). The Kier molecular flexibility index (Phi) is 6.25. The molecule has 0 bridgehead atoms. The van der Waals surface area contributed by atoms with E-state index in [0.717, 1.165) is 18.4 Å². The second-order valence-corrected chi connectivity index (χ2v) is 8.82. The van der Waals surface area contributed by atoms with Crippen LogP contribution in [0.3, 0.4) is 0 Å². The van der Waals surface area contributed by atoms with Gasteiger partial charge in [-0.1, -0.05) is 23.7 Å². The van der Waals surface area contributed by atoms with Crippen LogP contribution in [0.2, 0.25) is 5.02 Å². The Morgan fingerprint density at radius 2 is 1.94 bits per heavy atom. The number of nitrogens with two attached hydrogens (primary N) is 1. The van der Waals surface area contributed by atoms with Crippen molar-refractivity contribution in [2.45, 2.75) is 43.9 Å². The molecule has 4 rings (SSSR count). The highest BCUT2D eigenvalue weighted by molar-refractivity contribution is 6.30. The van der Waals surface area contributed by atoms with Gasteiger partial charge in [-0.2, -0.15) is 0 Å². The van der Waals surface area contributed by atoms with Crippen molar-refractivity contribution in [3.05, 3.63) is 58.1 Å². The highest BCUT2D eigenvalue weighted by Gasteiger charge is 2.45. The van der Waals surface area contributed by atoms with Gasteiger partial charge < -0.3 is 15.4 Å². The van der Waals surface area contributed by atoms with Crippen LogP contribution >= 0.6 is 11.6 Å². The fraction of sp³-hybridized carbons (Fsp3) is 0.478. The maximum absolute atomic E-state index is 13.9. The molecule has 7 nitrogen and oxygen atoms in total. The van der Waals surface area contributed by atoms with Crippen LogP contribution in [0.4, 0.5) is 0 Å². The molecule has 2 saturated heterocycles. The molecular formula is C23H27ClN4O3. The lowest BCUT2D eigenvalue weighted by molar-refractivity contribution is -0.142. The third-order valence-electron chi connectivity index (χ3n) is 6.49. The fourth-order valence-electron chi connectivity index (χ4n) is 4.71. The van der Waals surface area contributed by atoms with Crippen LogP contribution in [0.5, 0.6) is 0 Å². The van der Waals surface area contributed by atoms with Gasteiger partial charge in [0.1, 0.15) is 5.82 Å². The van der Waals surface area contributed by atoms with E-state index in [1.807, 2.05) is 29.2 Å². The third kappa shape index (κ3) is 4.29. The second-order valence-electron chi connectivity index (χ2n) is 8.38. The normalized spacial score (nSPS) is 21.0. The number of aryl methyl sites for hydroxylation is 1. The minimum atomic E-state index is -0.600. The maximum atomic E-state index is 13.9. The molecule has 1 aromatic heterocycles. The van der Waals surface area contributed by atoms with E-state index in [1.165, 1.54) is 6.20 Å². The quantitative estimate of drug-likeness (QED) is 0.784. The van der Waals surface area contributed by atoms with E-state index in [2.05, 4.69) is 9.97 Å². The zero-order valence-electron chi connectivity index (χ0n) is 17.6. The summed E-state index contributed by atoms with van der Waals surface area (Å²) in [7, 11) is 0. The first-order valence-electron chi connectivity index (χ1n) is 10.7. The first kappa shape index (κ1) is 21.7. The molecule has 2 aliphatic rings. The Morgan fingerprint density at radius 3 is 2.58 bits per heavy atom. The van der Waals surface area contributed by atoms with E-state index >= 15 is 0 Å². The largest absolute Gasteiger partial charge is 0.381 e. The number of likely N-dealkylation sites (tertiary alicyclic amines) is 1. The van der Waals surface area contributed by atoms with E-state index in [1.54, 1.807) is 6.92 Å². The molecule has 1 aromatic carbocycles. The van der Waals surface area contributed by atoms with Gasteiger partial charge in [0.2, 0.25) is 5.91 Å². The number of hydrogen-bond donors (Lipinski definition) is 1. The Morgan fingerprint density at radius 1 is 1.23 bits per heavy atom. The molecule has 2 N–H and O–H groups in total. The lowest BCUT2D eigenvalue weighted by Crippen LogP contribution is -2.52. The summed E-state index contributed by atoms with van der Waals surface area (Å²) in [6.07, 6.45) is 4.57. The predicted octanol–water partition coefficient (Wildman–Crippen LogP) is 2.99. The summed E-state index contributed by atoms with van der Waals surface area (Å²) in [5.74, 6) is 0.287. The van der Waals surface area contributed by atoms with Crippen LogP contribution in [0.25, 0.3) is 0 Å². The summed E-state index contributed by atoms with van der Waals surface area (Å²) in [5.41, 5.74) is 6.67. The molecular weight excluding hydrogens is 416 g/mol. The van der Waals surface area contributed by atoms with Crippen molar-refractivity contribution in [3.63, 3.8) is 0 Å². The Balaban J connectivity index is 1.59. The summed E-state index contributed by atoms with van der Waals surface area (Å²) in [5, 5.41) is 0.656. The van der Waals surface area contributed by atoms with Crippen LogP contribution in [0.1, 0.15) is 59.0 Å². The molecule has 2 aromatic rings.